The minimum Gasteiger partial charge on any atom is -0.497 e. The van der Waals surface area contributed by atoms with E-state index >= 15 is 0 Å². The Morgan fingerprint density at radius 3 is 2.52 bits per heavy atom. The third-order valence-corrected chi connectivity index (χ3v) is 2.50. The fraction of sp³-hybridized carbons (Fsp3) is 0.0769. The summed E-state index contributed by atoms with van der Waals surface area (Å²) >= 11 is 0. The van der Waals surface area contributed by atoms with Gasteiger partial charge in [0.15, 0.2) is 0 Å². The maximum Gasteiger partial charge on any atom is 0.337 e. The highest BCUT2D eigenvalue weighted by Crippen LogP contribution is 2.22. The van der Waals surface area contributed by atoms with E-state index in [4.69, 9.17) is 9.84 Å². The van der Waals surface area contributed by atoms with Crippen LogP contribution in [0.3, 0.4) is 0 Å². The molecule has 0 bridgehead atoms. The summed E-state index contributed by atoms with van der Waals surface area (Å²) in [6, 6.07) is 5.20. The van der Waals surface area contributed by atoms with E-state index in [9.17, 15) is 9.59 Å². The van der Waals surface area contributed by atoms with Gasteiger partial charge in [-0.1, -0.05) is 0 Å². The summed E-state index contributed by atoms with van der Waals surface area (Å²) < 4.78 is 5.00. The number of carboxylic acid groups (broad SMARTS) is 1. The topological polar surface area (TPSA) is 113 Å². The van der Waals surface area contributed by atoms with Crippen molar-refractivity contribution in [1.82, 2.24) is 9.97 Å². The quantitative estimate of drug-likeness (QED) is 0.791. The zero-order valence-corrected chi connectivity index (χ0v) is 11.0. The molecule has 3 N–H and O–H groups in total. The van der Waals surface area contributed by atoms with E-state index in [1.807, 2.05) is 0 Å². The van der Waals surface area contributed by atoms with Crippen LogP contribution in [0.15, 0.2) is 36.7 Å². The molecular weight excluding hydrogens is 276 g/mol. The molecule has 1 aromatic heterocycles. The van der Waals surface area contributed by atoms with Gasteiger partial charge in [-0.2, -0.15) is 0 Å². The number of amides is 2. The Balaban J connectivity index is 2.17. The van der Waals surface area contributed by atoms with Gasteiger partial charge in [-0.3, -0.25) is 5.32 Å². The Kier molecular flexibility index (Phi) is 4.30. The Bertz CT molecular complexity index is 660. The van der Waals surface area contributed by atoms with E-state index in [0.717, 1.165) is 0 Å². The number of carbonyl (C=O) groups is 2. The number of nitrogens with zero attached hydrogens (tertiary/aromatic N) is 2. The summed E-state index contributed by atoms with van der Waals surface area (Å²) in [6.45, 7) is 0. The molecule has 0 fully saturated rings. The molecule has 0 aliphatic carbocycles. The molecule has 2 aromatic rings. The van der Waals surface area contributed by atoms with Crippen molar-refractivity contribution >= 4 is 23.6 Å². The van der Waals surface area contributed by atoms with Crippen LogP contribution >= 0.6 is 0 Å². The summed E-state index contributed by atoms with van der Waals surface area (Å²) in [4.78, 5) is 30.6. The molecule has 8 heteroatoms. The Labute approximate surface area is 119 Å². The van der Waals surface area contributed by atoms with Crippen molar-refractivity contribution in [3.05, 3.63) is 42.2 Å². The molecule has 0 unspecified atom stereocenters. The average Bonchev–Trinajstić information content (AvgIpc) is 2.47. The van der Waals surface area contributed by atoms with Crippen LogP contribution in [0.2, 0.25) is 0 Å². The smallest absolute Gasteiger partial charge is 0.337 e. The van der Waals surface area contributed by atoms with Crippen molar-refractivity contribution in [2.24, 2.45) is 0 Å². The number of aromatic carboxylic acids is 1. The second-order valence-corrected chi connectivity index (χ2v) is 3.87. The number of hydrogen-bond acceptors (Lipinski definition) is 5. The molecule has 8 nitrogen and oxygen atoms in total. The maximum atomic E-state index is 11.8. The molecule has 0 aliphatic heterocycles. The molecular formula is C13H12N4O4. The predicted molar refractivity (Wildman–Crippen MR) is 74.6 cm³/mol. The van der Waals surface area contributed by atoms with Gasteiger partial charge in [0.05, 0.1) is 18.4 Å². The van der Waals surface area contributed by atoms with Gasteiger partial charge in [0.25, 0.3) is 0 Å². The zero-order valence-electron chi connectivity index (χ0n) is 11.0. The normalized spacial score (nSPS) is 9.76. The summed E-state index contributed by atoms with van der Waals surface area (Å²) in [6.07, 6.45) is 2.94. The molecule has 0 saturated heterocycles. The number of ether oxygens (including phenoxy) is 1. The van der Waals surface area contributed by atoms with E-state index in [2.05, 4.69) is 20.6 Å². The molecule has 2 rings (SSSR count). The number of carboxylic acids is 1. The number of carbonyl (C=O) groups excluding carboxylic acids is 1. The summed E-state index contributed by atoms with van der Waals surface area (Å²) in [5.41, 5.74) is 0.0511. The number of nitrogens with one attached hydrogen (secondary N) is 2. The first kappa shape index (κ1) is 14.3. The lowest BCUT2D eigenvalue weighted by Gasteiger charge is -2.10. The second kappa shape index (κ2) is 6.33. The van der Waals surface area contributed by atoms with Gasteiger partial charge < -0.3 is 15.2 Å². The van der Waals surface area contributed by atoms with E-state index in [0.29, 0.717) is 5.75 Å². The first-order valence-corrected chi connectivity index (χ1v) is 5.86. The van der Waals surface area contributed by atoms with Crippen LogP contribution in [0.1, 0.15) is 10.4 Å². The van der Waals surface area contributed by atoms with Crippen molar-refractivity contribution in [2.45, 2.75) is 0 Å². The van der Waals surface area contributed by atoms with E-state index in [-0.39, 0.29) is 17.2 Å². The molecule has 0 radical (unpaired) electrons. The lowest BCUT2D eigenvalue weighted by Crippen LogP contribution is -2.22. The van der Waals surface area contributed by atoms with Crippen LogP contribution in [-0.4, -0.2) is 34.2 Å². The van der Waals surface area contributed by atoms with Crippen molar-refractivity contribution < 1.29 is 19.4 Å². The van der Waals surface area contributed by atoms with Gasteiger partial charge in [0, 0.05) is 18.5 Å². The SMILES string of the molecule is COc1ccc(C(=O)O)c(NC(=O)Nc2ncccn2)c1. The summed E-state index contributed by atoms with van der Waals surface area (Å²) in [5, 5.41) is 13.9. The second-order valence-electron chi connectivity index (χ2n) is 3.87. The van der Waals surface area contributed by atoms with Crippen molar-refractivity contribution in [2.75, 3.05) is 17.7 Å². The molecule has 21 heavy (non-hydrogen) atoms. The number of urea groups is 1. The van der Waals surface area contributed by atoms with Crippen LogP contribution in [0.5, 0.6) is 5.75 Å². The van der Waals surface area contributed by atoms with Crippen molar-refractivity contribution in [3.8, 4) is 5.75 Å². The molecule has 1 heterocycles. The fourth-order valence-electron chi connectivity index (χ4n) is 1.56. The van der Waals surface area contributed by atoms with Crippen LogP contribution in [0.25, 0.3) is 0 Å². The number of anilines is 2. The largest absolute Gasteiger partial charge is 0.497 e. The highest BCUT2D eigenvalue weighted by molar-refractivity contribution is 6.04. The minimum absolute atomic E-state index is 0.0556. The van der Waals surface area contributed by atoms with Crippen LogP contribution < -0.4 is 15.4 Å². The monoisotopic (exact) mass is 288 g/mol. The van der Waals surface area contributed by atoms with Crippen molar-refractivity contribution in [3.63, 3.8) is 0 Å². The van der Waals surface area contributed by atoms with Crippen LogP contribution in [0.4, 0.5) is 16.4 Å². The van der Waals surface area contributed by atoms with E-state index in [1.54, 1.807) is 6.07 Å². The zero-order chi connectivity index (χ0) is 15.2. The highest BCUT2D eigenvalue weighted by Gasteiger charge is 2.14. The lowest BCUT2D eigenvalue weighted by molar-refractivity contribution is 0.0698. The van der Waals surface area contributed by atoms with E-state index < -0.39 is 12.0 Å². The molecule has 0 saturated carbocycles. The first-order chi connectivity index (χ1) is 10.1. The first-order valence-electron chi connectivity index (χ1n) is 5.86. The molecule has 0 aliphatic rings. The highest BCUT2D eigenvalue weighted by atomic mass is 16.5. The third kappa shape index (κ3) is 3.66. The van der Waals surface area contributed by atoms with Gasteiger partial charge in [-0.15, -0.1) is 0 Å². The average molecular weight is 288 g/mol. The van der Waals surface area contributed by atoms with Gasteiger partial charge in [-0.25, -0.2) is 19.6 Å². The molecule has 2 amide bonds. The van der Waals surface area contributed by atoms with Crippen LogP contribution in [0, 0.1) is 0 Å². The summed E-state index contributed by atoms with van der Waals surface area (Å²) in [7, 11) is 1.44. The standard InChI is InChI=1S/C13H12N4O4/c1-21-8-3-4-9(11(18)19)10(7-8)16-13(20)17-12-14-5-2-6-15-12/h2-7H,1H3,(H,18,19)(H2,14,15,16,17,20). The molecule has 108 valence electrons. The fourth-order valence-corrected chi connectivity index (χ4v) is 1.56. The Hall–Kier alpha value is -3.16. The lowest BCUT2D eigenvalue weighted by atomic mass is 10.1. The van der Waals surface area contributed by atoms with Gasteiger partial charge >= 0.3 is 12.0 Å². The predicted octanol–water partition coefficient (Wildman–Crippen LogP) is 1.83. The molecule has 0 atom stereocenters. The van der Waals surface area contributed by atoms with E-state index in [1.165, 1.54) is 37.7 Å². The number of rotatable bonds is 4. The van der Waals surface area contributed by atoms with Gasteiger partial charge in [-0.05, 0) is 18.2 Å². The third-order valence-electron chi connectivity index (χ3n) is 2.50. The number of benzene rings is 1. The van der Waals surface area contributed by atoms with Crippen LogP contribution in [-0.2, 0) is 0 Å². The number of hydrogen-bond donors (Lipinski definition) is 3. The number of aromatic nitrogens is 2. The summed E-state index contributed by atoms with van der Waals surface area (Å²) in [5.74, 6) is -0.634. The Morgan fingerprint density at radius 2 is 1.90 bits per heavy atom. The molecule has 1 aromatic carbocycles. The van der Waals surface area contributed by atoms with Gasteiger partial charge in [0.2, 0.25) is 5.95 Å². The maximum absolute atomic E-state index is 11.8. The number of methoxy groups -OCH3 is 1. The Morgan fingerprint density at radius 1 is 1.19 bits per heavy atom. The minimum atomic E-state index is -1.16. The van der Waals surface area contributed by atoms with Crippen molar-refractivity contribution in [1.29, 1.82) is 0 Å². The van der Waals surface area contributed by atoms with Gasteiger partial charge in [0.1, 0.15) is 5.75 Å². The molecule has 0 spiro atoms.